The van der Waals surface area contributed by atoms with Gasteiger partial charge in [-0.3, -0.25) is 4.79 Å². The number of benzene rings is 1. The van der Waals surface area contributed by atoms with Gasteiger partial charge in [0.1, 0.15) is 11.9 Å². The quantitative estimate of drug-likeness (QED) is 0.899. The molecule has 1 fully saturated rings. The van der Waals surface area contributed by atoms with Crippen molar-refractivity contribution in [1.29, 1.82) is 0 Å². The van der Waals surface area contributed by atoms with Crippen molar-refractivity contribution in [2.24, 2.45) is 0 Å². The second kappa shape index (κ2) is 6.53. The lowest BCUT2D eigenvalue weighted by atomic mass is 9.82. The van der Waals surface area contributed by atoms with Crippen molar-refractivity contribution >= 4 is 17.7 Å². The number of hydrogen-bond acceptors (Lipinski definition) is 3. The van der Waals surface area contributed by atoms with Crippen LogP contribution in [0, 0.1) is 0 Å². The van der Waals surface area contributed by atoms with Crippen molar-refractivity contribution < 1.29 is 14.6 Å². The Morgan fingerprint density at radius 3 is 2.45 bits per heavy atom. The summed E-state index contributed by atoms with van der Waals surface area (Å²) in [5.41, 5.74) is 0.678. The van der Waals surface area contributed by atoms with Crippen molar-refractivity contribution in [3.63, 3.8) is 0 Å². The van der Waals surface area contributed by atoms with Gasteiger partial charge in [0.2, 0.25) is 0 Å². The molecule has 0 aromatic heterocycles. The van der Waals surface area contributed by atoms with Gasteiger partial charge in [0, 0.05) is 5.41 Å². The third-order valence-corrected chi connectivity index (χ3v) is 4.75. The molecule has 20 heavy (non-hydrogen) atoms. The molecular formula is C16H22O3S. The van der Waals surface area contributed by atoms with Crippen LogP contribution in [0.5, 0.6) is 5.75 Å². The standard InChI is InChI=1S/C16H22O3S/c1-16(2,11-15(17)18)12-3-5-13(6-4-12)19-14-7-9-20-10-8-14/h3-6,14H,7-11H2,1-2H3,(H,17,18). The van der Waals surface area contributed by atoms with Gasteiger partial charge in [-0.1, -0.05) is 26.0 Å². The topological polar surface area (TPSA) is 46.5 Å². The molecule has 1 aliphatic rings. The summed E-state index contributed by atoms with van der Waals surface area (Å²) in [6.45, 7) is 3.91. The zero-order valence-corrected chi connectivity index (χ0v) is 12.9. The summed E-state index contributed by atoms with van der Waals surface area (Å²) in [7, 11) is 0. The molecule has 0 spiro atoms. The van der Waals surface area contributed by atoms with Gasteiger partial charge >= 0.3 is 5.97 Å². The molecule has 0 amide bonds. The van der Waals surface area contributed by atoms with Crippen LogP contribution >= 0.6 is 11.8 Å². The van der Waals surface area contributed by atoms with Crippen LogP contribution in [0.25, 0.3) is 0 Å². The van der Waals surface area contributed by atoms with Crippen molar-refractivity contribution in [2.75, 3.05) is 11.5 Å². The predicted molar refractivity (Wildman–Crippen MR) is 82.7 cm³/mol. The highest BCUT2D eigenvalue weighted by Gasteiger charge is 2.24. The largest absolute Gasteiger partial charge is 0.490 e. The smallest absolute Gasteiger partial charge is 0.304 e. The average Bonchev–Trinajstić information content (AvgIpc) is 2.39. The van der Waals surface area contributed by atoms with E-state index in [1.165, 1.54) is 11.5 Å². The Morgan fingerprint density at radius 2 is 1.90 bits per heavy atom. The second-order valence-corrected chi connectivity index (χ2v) is 7.13. The van der Waals surface area contributed by atoms with E-state index in [1.807, 2.05) is 49.9 Å². The van der Waals surface area contributed by atoms with Crippen LogP contribution in [-0.4, -0.2) is 28.7 Å². The first kappa shape index (κ1) is 15.2. The van der Waals surface area contributed by atoms with E-state index >= 15 is 0 Å². The maximum absolute atomic E-state index is 10.9. The minimum absolute atomic E-state index is 0.132. The lowest BCUT2D eigenvalue weighted by molar-refractivity contribution is -0.138. The number of thioether (sulfide) groups is 1. The fourth-order valence-electron chi connectivity index (χ4n) is 2.45. The van der Waals surface area contributed by atoms with E-state index in [2.05, 4.69) is 0 Å². The van der Waals surface area contributed by atoms with Gasteiger partial charge in [0.15, 0.2) is 0 Å². The number of carbonyl (C=O) groups is 1. The fourth-order valence-corrected chi connectivity index (χ4v) is 3.51. The summed E-state index contributed by atoms with van der Waals surface area (Å²) in [6, 6.07) is 7.88. The molecule has 2 rings (SSSR count). The molecule has 0 saturated carbocycles. The van der Waals surface area contributed by atoms with Gasteiger partial charge in [-0.15, -0.1) is 0 Å². The molecule has 3 nitrogen and oxygen atoms in total. The van der Waals surface area contributed by atoms with Gasteiger partial charge in [-0.05, 0) is 42.0 Å². The Morgan fingerprint density at radius 1 is 1.30 bits per heavy atom. The third-order valence-electron chi connectivity index (χ3n) is 3.70. The Balaban J connectivity index is 2.00. The monoisotopic (exact) mass is 294 g/mol. The number of carboxylic acids is 1. The molecule has 1 heterocycles. The van der Waals surface area contributed by atoms with Crippen LogP contribution in [0.4, 0.5) is 0 Å². The summed E-state index contributed by atoms with van der Waals surface area (Å²) < 4.78 is 5.97. The number of aliphatic carboxylic acids is 1. The highest BCUT2D eigenvalue weighted by atomic mass is 32.2. The van der Waals surface area contributed by atoms with E-state index in [4.69, 9.17) is 9.84 Å². The summed E-state index contributed by atoms with van der Waals surface area (Å²) in [6.07, 6.45) is 2.68. The first-order chi connectivity index (χ1) is 9.47. The third kappa shape index (κ3) is 4.17. The highest BCUT2D eigenvalue weighted by Crippen LogP contribution is 2.29. The van der Waals surface area contributed by atoms with Gasteiger partial charge < -0.3 is 9.84 Å². The van der Waals surface area contributed by atoms with Crippen LogP contribution in [-0.2, 0) is 10.2 Å². The van der Waals surface area contributed by atoms with Crippen molar-refractivity contribution in [3.05, 3.63) is 29.8 Å². The van der Waals surface area contributed by atoms with Crippen molar-refractivity contribution in [1.82, 2.24) is 0 Å². The van der Waals surface area contributed by atoms with Crippen molar-refractivity contribution in [3.8, 4) is 5.75 Å². The number of hydrogen-bond donors (Lipinski definition) is 1. The van der Waals surface area contributed by atoms with E-state index in [0.29, 0.717) is 6.10 Å². The summed E-state index contributed by atoms with van der Waals surface area (Å²) in [4.78, 5) is 10.9. The first-order valence-corrected chi connectivity index (χ1v) is 8.19. The van der Waals surface area contributed by atoms with Crippen LogP contribution in [0.1, 0.15) is 38.7 Å². The van der Waals surface area contributed by atoms with Gasteiger partial charge in [0.25, 0.3) is 0 Å². The fraction of sp³-hybridized carbons (Fsp3) is 0.562. The maximum atomic E-state index is 10.9. The summed E-state index contributed by atoms with van der Waals surface area (Å²) in [5.74, 6) is 2.47. The van der Waals surface area contributed by atoms with Crippen LogP contribution in [0.15, 0.2) is 24.3 Å². The number of rotatable bonds is 5. The van der Waals surface area contributed by atoms with E-state index in [1.54, 1.807) is 0 Å². The molecule has 0 radical (unpaired) electrons. The Kier molecular flexibility index (Phi) is 4.97. The van der Waals surface area contributed by atoms with E-state index in [9.17, 15) is 4.79 Å². The zero-order valence-electron chi connectivity index (χ0n) is 12.1. The maximum Gasteiger partial charge on any atom is 0.304 e. The van der Waals surface area contributed by atoms with Gasteiger partial charge in [-0.25, -0.2) is 0 Å². The Hall–Kier alpha value is -1.16. The van der Waals surface area contributed by atoms with Crippen LogP contribution in [0.3, 0.4) is 0 Å². The van der Waals surface area contributed by atoms with Gasteiger partial charge in [-0.2, -0.15) is 11.8 Å². The summed E-state index contributed by atoms with van der Waals surface area (Å²) in [5, 5.41) is 8.95. The van der Waals surface area contributed by atoms with Crippen molar-refractivity contribution in [2.45, 2.75) is 44.6 Å². The molecular weight excluding hydrogens is 272 g/mol. The normalized spacial score (nSPS) is 16.9. The second-order valence-electron chi connectivity index (χ2n) is 5.91. The van der Waals surface area contributed by atoms with E-state index < -0.39 is 5.97 Å². The van der Waals surface area contributed by atoms with Crippen LogP contribution in [0.2, 0.25) is 0 Å². The molecule has 0 bridgehead atoms. The molecule has 0 aliphatic carbocycles. The molecule has 110 valence electrons. The molecule has 0 atom stereocenters. The first-order valence-electron chi connectivity index (χ1n) is 7.04. The predicted octanol–water partition coefficient (Wildman–Crippen LogP) is 3.71. The minimum Gasteiger partial charge on any atom is -0.490 e. The minimum atomic E-state index is -0.768. The molecule has 1 saturated heterocycles. The average molecular weight is 294 g/mol. The Bertz CT molecular complexity index is 447. The number of ether oxygens (including phenoxy) is 1. The molecule has 0 unspecified atom stereocenters. The van der Waals surface area contributed by atoms with E-state index in [-0.39, 0.29) is 11.8 Å². The highest BCUT2D eigenvalue weighted by molar-refractivity contribution is 7.99. The molecule has 1 aliphatic heterocycles. The zero-order chi connectivity index (χ0) is 14.6. The number of carboxylic acid groups (broad SMARTS) is 1. The van der Waals surface area contributed by atoms with Crippen LogP contribution < -0.4 is 4.74 Å². The Labute approximate surface area is 124 Å². The molecule has 1 N–H and O–H groups in total. The lowest BCUT2D eigenvalue weighted by Gasteiger charge is -2.25. The lowest BCUT2D eigenvalue weighted by Crippen LogP contribution is -2.23. The molecule has 1 aromatic rings. The van der Waals surface area contributed by atoms with Gasteiger partial charge in [0.05, 0.1) is 6.42 Å². The molecule has 4 heteroatoms. The van der Waals surface area contributed by atoms with E-state index in [0.717, 1.165) is 24.2 Å². The summed E-state index contributed by atoms with van der Waals surface area (Å²) >= 11 is 1.99. The molecule has 1 aromatic carbocycles. The SMILES string of the molecule is CC(C)(CC(=O)O)c1ccc(OC2CCSCC2)cc1.